The van der Waals surface area contributed by atoms with E-state index < -0.39 is 50.7 Å². The van der Waals surface area contributed by atoms with Gasteiger partial charge in [0.2, 0.25) is 15.5 Å². The zero-order valence-corrected chi connectivity index (χ0v) is 20.3. The lowest BCUT2D eigenvalue weighted by Crippen LogP contribution is -2.67. The van der Waals surface area contributed by atoms with E-state index in [1.54, 1.807) is 6.08 Å². The first-order valence-corrected chi connectivity index (χ1v) is 11.6. The SMILES string of the molecule is COC(=O)[C@@]1(Cl)[C@H]2CC[C@]34CCC[C@](O)(C=C3CC[C@H]2[C@@](Cl)(C(=O)OC)C1(OC)OC)O4. The summed E-state index contributed by atoms with van der Waals surface area (Å²) in [6, 6.07) is 0. The van der Waals surface area contributed by atoms with Crippen LogP contribution >= 0.6 is 23.2 Å². The largest absolute Gasteiger partial charge is 0.468 e. The van der Waals surface area contributed by atoms with Gasteiger partial charge in [0.25, 0.3) is 0 Å². The topological polar surface area (TPSA) is 101 Å². The molecular formula is C22H30Cl2O8. The smallest absolute Gasteiger partial charge is 0.332 e. The number of rotatable bonds is 4. The summed E-state index contributed by atoms with van der Waals surface area (Å²) in [6.45, 7) is 0. The molecule has 0 aromatic carbocycles. The quantitative estimate of drug-likeness (QED) is 0.276. The number of carbonyl (C=O) groups excluding carboxylic acids is 2. The van der Waals surface area contributed by atoms with Gasteiger partial charge >= 0.3 is 11.9 Å². The molecule has 0 unspecified atom stereocenters. The fraction of sp³-hybridized carbons (Fsp3) is 0.818. The van der Waals surface area contributed by atoms with Crippen LogP contribution in [0.3, 0.4) is 0 Å². The van der Waals surface area contributed by atoms with Crippen molar-refractivity contribution >= 4 is 35.1 Å². The summed E-state index contributed by atoms with van der Waals surface area (Å²) in [5.74, 6) is -6.21. The zero-order valence-electron chi connectivity index (χ0n) is 18.7. The summed E-state index contributed by atoms with van der Waals surface area (Å²) in [4.78, 5) is 22.5. The minimum atomic E-state index is -2.04. The third-order valence-corrected chi connectivity index (χ3v) is 9.43. The molecule has 2 aliphatic heterocycles. The van der Waals surface area contributed by atoms with E-state index in [0.29, 0.717) is 32.1 Å². The minimum absolute atomic E-state index is 0.372. The van der Waals surface area contributed by atoms with Gasteiger partial charge < -0.3 is 28.8 Å². The summed E-state index contributed by atoms with van der Waals surface area (Å²) in [5.41, 5.74) is 0.364. The molecule has 8 nitrogen and oxygen atoms in total. The molecule has 2 saturated carbocycles. The molecule has 4 rings (SSSR count). The number of fused-ring (bicyclic) bond motifs is 2. The van der Waals surface area contributed by atoms with Gasteiger partial charge in [-0.2, -0.15) is 0 Å². The predicted octanol–water partition coefficient (Wildman–Crippen LogP) is 2.66. The molecule has 4 aliphatic rings. The van der Waals surface area contributed by atoms with Crippen LogP contribution < -0.4 is 0 Å². The van der Waals surface area contributed by atoms with E-state index in [4.69, 9.17) is 46.9 Å². The van der Waals surface area contributed by atoms with Crippen molar-refractivity contribution in [1.29, 1.82) is 0 Å². The number of ether oxygens (including phenoxy) is 5. The lowest BCUT2D eigenvalue weighted by Gasteiger charge is -2.44. The van der Waals surface area contributed by atoms with Crippen molar-refractivity contribution < 1.29 is 38.4 Å². The highest BCUT2D eigenvalue weighted by Gasteiger charge is 2.84. The molecule has 2 aliphatic carbocycles. The molecule has 180 valence electrons. The summed E-state index contributed by atoms with van der Waals surface area (Å²) in [7, 11) is 5.02. The van der Waals surface area contributed by atoms with E-state index in [0.717, 1.165) is 18.4 Å². The second-order valence-corrected chi connectivity index (χ2v) is 10.4. The molecule has 32 heavy (non-hydrogen) atoms. The van der Waals surface area contributed by atoms with Gasteiger partial charge in [-0.05, 0) is 62.0 Å². The molecule has 3 fully saturated rings. The number of methoxy groups -OCH3 is 4. The Hall–Kier alpha value is -0.900. The van der Waals surface area contributed by atoms with E-state index in [2.05, 4.69) is 0 Å². The molecular weight excluding hydrogens is 463 g/mol. The number of aliphatic hydroxyl groups is 1. The van der Waals surface area contributed by atoms with Crippen molar-refractivity contribution in [2.24, 2.45) is 11.8 Å². The van der Waals surface area contributed by atoms with Gasteiger partial charge in [-0.3, -0.25) is 0 Å². The number of esters is 2. The van der Waals surface area contributed by atoms with Crippen LogP contribution in [-0.2, 0) is 33.3 Å². The predicted molar refractivity (Wildman–Crippen MR) is 114 cm³/mol. The van der Waals surface area contributed by atoms with Crippen LogP contribution in [0.1, 0.15) is 44.9 Å². The third kappa shape index (κ3) is 2.77. The molecule has 1 saturated heterocycles. The number of alkyl halides is 2. The second-order valence-electron chi connectivity index (χ2n) is 9.19. The molecule has 6 atom stereocenters. The monoisotopic (exact) mass is 492 g/mol. The maximum atomic E-state index is 13.2. The van der Waals surface area contributed by atoms with Crippen molar-refractivity contribution in [3.05, 3.63) is 11.6 Å². The van der Waals surface area contributed by atoms with E-state index in [-0.39, 0.29) is 0 Å². The van der Waals surface area contributed by atoms with Crippen LogP contribution in [0.25, 0.3) is 0 Å². The molecule has 0 aromatic heterocycles. The third-order valence-electron chi connectivity index (χ3n) is 8.06. The summed E-state index contributed by atoms with van der Waals surface area (Å²) >= 11 is 14.2. The van der Waals surface area contributed by atoms with Crippen molar-refractivity contribution in [3.8, 4) is 0 Å². The van der Waals surface area contributed by atoms with Crippen molar-refractivity contribution in [2.75, 3.05) is 28.4 Å². The normalized spacial score (nSPS) is 44.5. The van der Waals surface area contributed by atoms with E-state index in [1.165, 1.54) is 28.4 Å². The van der Waals surface area contributed by atoms with Gasteiger partial charge in [0.15, 0.2) is 5.79 Å². The first-order valence-electron chi connectivity index (χ1n) is 10.8. The van der Waals surface area contributed by atoms with Gasteiger partial charge in [0.1, 0.15) is 0 Å². The molecule has 2 heterocycles. The van der Waals surface area contributed by atoms with E-state index in [1.807, 2.05) is 0 Å². The fourth-order valence-electron chi connectivity index (χ4n) is 6.79. The number of hydrogen-bond acceptors (Lipinski definition) is 8. The highest BCUT2D eigenvalue weighted by Crippen LogP contribution is 2.67. The Morgan fingerprint density at radius 3 is 2.06 bits per heavy atom. The lowest BCUT2D eigenvalue weighted by atomic mass is 9.71. The van der Waals surface area contributed by atoms with Crippen molar-refractivity contribution in [3.63, 3.8) is 0 Å². The fourth-order valence-corrected chi connectivity index (χ4v) is 8.12. The van der Waals surface area contributed by atoms with Crippen molar-refractivity contribution in [2.45, 2.75) is 71.9 Å². The highest BCUT2D eigenvalue weighted by molar-refractivity contribution is 6.41. The van der Waals surface area contributed by atoms with Gasteiger partial charge in [0.05, 0.1) is 19.8 Å². The average molecular weight is 493 g/mol. The van der Waals surface area contributed by atoms with Crippen LogP contribution in [0.2, 0.25) is 0 Å². The highest BCUT2D eigenvalue weighted by atomic mass is 35.5. The molecule has 1 spiro atoms. The van der Waals surface area contributed by atoms with Crippen LogP contribution in [-0.4, -0.2) is 72.4 Å². The van der Waals surface area contributed by atoms with Crippen molar-refractivity contribution in [1.82, 2.24) is 0 Å². The molecule has 10 heteroatoms. The van der Waals surface area contributed by atoms with Crippen LogP contribution in [0, 0.1) is 11.8 Å². The Bertz CT molecular complexity index is 844. The zero-order chi connectivity index (χ0) is 23.6. The maximum Gasteiger partial charge on any atom is 0.332 e. The molecule has 2 bridgehead atoms. The molecule has 0 amide bonds. The van der Waals surface area contributed by atoms with Crippen LogP contribution in [0.5, 0.6) is 0 Å². The first-order chi connectivity index (χ1) is 15.0. The Kier molecular flexibility index (Phi) is 5.92. The maximum absolute atomic E-state index is 13.2. The number of halogens is 2. The first kappa shape index (κ1) is 24.2. The Balaban J connectivity index is 1.87. The summed E-state index contributed by atoms with van der Waals surface area (Å²) in [5, 5.41) is 10.8. The Morgan fingerprint density at radius 1 is 0.969 bits per heavy atom. The van der Waals surface area contributed by atoms with Crippen LogP contribution in [0.4, 0.5) is 0 Å². The molecule has 0 aromatic rings. The summed E-state index contributed by atoms with van der Waals surface area (Å²) in [6.07, 6.45) is 5.66. The van der Waals surface area contributed by atoms with Gasteiger partial charge in [0, 0.05) is 20.6 Å². The lowest BCUT2D eigenvalue weighted by molar-refractivity contribution is -0.246. The Morgan fingerprint density at radius 2 is 1.53 bits per heavy atom. The van der Waals surface area contributed by atoms with E-state index >= 15 is 0 Å². The second kappa shape index (κ2) is 7.82. The standard InChI is InChI=1S/C22H30Cl2O8/c1-28-16(25)20(23)14-7-6-13-12-19(27)10-5-9-18(13,32-19)11-8-15(14)21(24,17(26)29-2)22(20,30-3)31-4/h12,14-15,27H,5-11H2,1-4H3/t14-,15+,18-,19-,20-,21+/m1/s1. The minimum Gasteiger partial charge on any atom is -0.468 e. The van der Waals surface area contributed by atoms with Gasteiger partial charge in [-0.25, -0.2) is 9.59 Å². The summed E-state index contributed by atoms with van der Waals surface area (Å²) < 4.78 is 27.7. The average Bonchev–Trinajstić information content (AvgIpc) is 3.07. The van der Waals surface area contributed by atoms with Gasteiger partial charge in [-0.1, -0.05) is 0 Å². The van der Waals surface area contributed by atoms with Gasteiger partial charge in [-0.15, -0.1) is 23.2 Å². The molecule has 1 N–H and O–H groups in total. The number of carbonyl (C=O) groups is 2. The Labute approximate surface area is 197 Å². The van der Waals surface area contributed by atoms with E-state index in [9.17, 15) is 14.7 Å². The van der Waals surface area contributed by atoms with Crippen LogP contribution in [0.15, 0.2) is 11.6 Å². The number of hydrogen-bond donors (Lipinski definition) is 1. The molecule has 0 radical (unpaired) electrons.